The number of hydrogen-bond acceptors (Lipinski definition) is 2. The molecular formula is C19H40N2. The molecule has 0 aromatic rings. The van der Waals surface area contributed by atoms with Gasteiger partial charge in [0, 0.05) is 25.2 Å². The van der Waals surface area contributed by atoms with E-state index in [1.54, 1.807) is 0 Å². The van der Waals surface area contributed by atoms with Gasteiger partial charge in [-0.15, -0.1) is 0 Å². The molecule has 1 rings (SSSR count). The summed E-state index contributed by atoms with van der Waals surface area (Å²) < 4.78 is 0. The largest absolute Gasteiger partial charge is 0.313 e. The quantitative estimate of drug-likeness (QED) is 0.629. The Balaban J connectivity index is 2.69. The lowest BCUT2D eigenvalue weighted by Gasteiger charge is -2.39. The normalized spacial score (nSPS) is 18.9. The van der Waals surface area contributed by atoms with Crippen molar-refractivity contribution >= 4 is 0 Å². The molecule has 1 aliphatic carbocycles. The van der Waals surface area contributed by atoms with Gasteiger partial charge < -0.3 is 5.32 Å². The highest BCUT2D eigenvalue weighted by Gasteiger charge is 2.27. The standard InChI is InChI=1S/C19H40N2/c1-6-18(7-2)21(14-16(4)5)15-19(20-8-3)17-12-10-9-11-13-17/h16-20H,6-15H2,1-5H3. The Morgan fingerprint density at radius 2 is 1.57 bits per heavy atom. The fraction of sp³-hybridized carbons (Fsp3) is 1.00. The fourth-order valence-corrected chi connectivity index (χ4v) is 4.08. The second-order valence-electron chi connectivity index (χ2n) is 7.38. The molecule has 1 unspecified atom stereocenters. The van der Waals surface area contributed by atoms with E-state index in [4.69, 9.17) is 0 Å². The van der Waals surface area contributed by atoms with E-state index in [0.717, 1.165) is 24.4 Å². The average Bonchev–Trinajstić information content (AvgIpc) is 2.48. The van der Waals surface area contributed by atoms with Crippen molar-refractivity contribution in [2.75, 3.05) is 19.6 Å². The number of hydrogen-bond donors (Lipinski definition) is 1. The van der Waals surface area contributed by atoms with Gasteiger partial charge in [0.15, 0.2) is 0 Å². The van der Waals surface area contributed by atoms with Crippen LogP contribution in [0.3, 0.4) is 0 Å². The third-order valence-corrected chi connectivity index (χ3v) is 5.17. The van der Waals surface area contributed by atoms with Gasteiger partial charge in [-0.25, -0.2) is 0 Å². The summed E-state index contributed by atoms with van der Waals surface area (Å²) in [4.78, 5) is 2.78. The second kappa shape index (κ2) is 10.6. The number of nitrogens with zero attached hydrogens (tertiary/aromatic N) is 1. The van der Waals surface area contributed by atoms with Crippen molar-refractivity contribution in [3.63, 3.8) is 0 Å². The van der Waals surface area contributed by atoms with E-state index >= 15 is 0 Å². The van der Waals surface area contributed by atoms with Crippen LogP contribution >= 0.6 is 0 Å². The van der Waals surface area contributed by atoms with Crippen molar-refractivity contribution in [2.45, 2.75) is 91.6 Å². The molecule has 126 valence electrons. The molecule has 21 heavy (non-hydrogen) atoms. The SMILES string of the molecule is CCNC(CN(CC(C)C)C(CC)CC)C1CCCCC1. The van der Waals surface area contributed by atoms with Gasteiger partial charge in [-0.2, -0.15) is 0 Å². The zero-order chi connectivity index (χ0) is 15.7. The van der Waals surface area contributed by atoms with Crippen LogP contribution in [0.5, 0.6) is 0 Å². The van der Waals surface area contributed by atoms with Crippen LogP contribution in [0, 0.1) is 11.8 Å². The summed E-state index contributed by atoms with van der Waals surface area (Å²) >= 11 is 0. The Kier molecular flexibility index (Phi) is 9.59. The van der Waals surface area contributed by atoms with Crippen LogP contribution in [0.15, 0.2) is 0 Å². The molecule has 0 spiro atoms. The molecule has 1 N–H and O–H groups in total. The first kappa shape index (κ1) is 19.0. The van der Waals surface area contributed by atoms with Crippen LogP contribution in [0.4, 0.5) is 0 Å². The van der Waals surface area contributed by atoms with Gasteiger partial charge in [0.2, 0.25) is 0 Å². The third kappa shape index (κ3) is 6.69. The lowest BCUT2D eigenvalue weighted by atomic mass is 9.83. The molecule has 1 fully saturated rings. The minimum absolute atomic E-state index is 0.703. The Labute approximate surface area is 134 Å². The molecule has 1 saturated carbocycles. The van der Waals surface area contributed by atoms with Crippen molar-refractivity contribution in [3.8, 4) is 0 Å². The minimum atomic E-state index is 0.703. The lowest BCUT2D eigenvalue weighted by Crippen LogP contribution is -2.50. The maximum absolute atomic E-state index is 3.82. The molecule has 0 aromatic carbocycles. The van der Waals surface area contributed by atoms with Gasteiger partial charge in [-0.1, -0.05) is 53.9 Å². The van der Waals surface area contributed by atoms with Gasteiger partial charge in [0.1, 0.15) is 0 Å². The minimum Gasteiger partial charge on any atom is -0.313 e. The molecule has 1 aliphatic rings. The predicted molar refractivity (Wildman–Crippen MR) is 94.8 cm³/mol. The van der Waals surface area contributed by atoms with Crippen molar-refractivity contribution < 1.29 is 0 Å². The first-order valence-corrected chi connectivity index (χ1v) is 9.59. The van der Waals surface area contributed by atoms with Crippen molar-refractivity contribution in [2.24, 2.45) is 11.8 Å². The lowest BCUT2D eigenvalue weighted by molar-refractivity contribution is 0.123. The van der Waals surface area contributed by atoms with E-state index < -0.39 is 0 Å². The Morgan fingerprint density at radius 1 is 0.952 bits per heavy atom. The topological polar surface area (TPSA) is 15.3 Å². The van der Waals surface area contributed by atoms with Gasteiger partial charge in [-0.05, 0) is 44.1 Å². The smallest absolute Gasteiger partial charge is 0.0223 e. The number of nitrogens with one attached hydrogen (secondary N) is 1. The monoisotopic (exact) mass is 296 g/mol. The summed E-state index contributed by atoms with van der Waals surface area (Å²) in [6, 6.07) is 1.46. The zero-order valence-electron chi connectivity index (χ0n) is 15.3. The van der Waals surface area contributed by atoms with E-state index in [0.29, 0.717) is 6.04 Å². The van der Waals surface area contributed by atoms with E-state index in [2.05, 4.69) is 44.8 Å². The molecule has 0 amide bonds. The Hall–Kier alpha value is -0.0800. The molecule has 0 saturated heterocycles. The predicted octanol–water partition coefficient (Wildman–Crippen LogP) is 4.69. The van der Waals surface area contributed by atoms with Crippen LogP contribution in [0.25, 0.3) is 0 Å². The van der Waals surface area contributed by atoms with Crippen LogP contribution in [0.1, 0.15) is 79.6 Å². The van der Waals surface area contributed by atoms with Gasteiger partial charge in [0.05, 0.1) is 0 Å². The van der Waals surface area contributed by atoms with Gasteiger partial charge in [-0.3, -0.25) is 4.90 Å². The molecular weight excluding hydrogens is 256 g/mol. The van der Waals surface area contributed by atoms with Crippen molar-refractivity contribution in [1.29, 1.82) is 0 Å². The highest BCUT2D eigenvalue weighted by Crippen LogP contribution is 2.27. The zero-order valence-corrected chi connectivity index (χ0v) is 15.3. The number of likely N-dealkylation sites (N-methyl/N-ethyl adjacent to an activating group) is 1. The first-order valence-electron chi connectivity index (χ1n) is 9.59. The molecule has 0 aromatic heterocycles. The van der Waals surface area contributed by atoms with Crippen LogP contribution in [-0.2, 0) is 0 Å². The summed E-state index contributed by atoms with van der Waals surface area (Å²) in [6.07, 6.45) is 9.80. The van der Waals surface area contributed by atoms with Crippen LogP contribution in [-0.4, -0.2) is 36.6 Å². The summed E-state index contributed by atoms with van der Waals surface area (Å²) in [5, 5.41) is 3.82. The summed E-state index contributed by atoms with van der Waals surface area (Å²) in [5.41, 5.74) is 0. The van der Waals surface area contributed by atoms with E-state index in [9.17, 15) is 0 Å². The maximum Gasteiger partial charge on any atom is 0.0223 e. The second-order valence-corrected chi connectivity index (χ2v) is 7.38. The van der Waals surface area contributed by atoms with Crippen molar-refractivity contribution in [1.82, 2.24) is 10.2 Å². The molecule has 1 atom stereocenters. The van der Waals surface area contributed by atoms with Crippen LogP contribution < -0.4 is 5.32 Å². The average molecular weight is 297 g/mol. The molecule has 0 aliphatic heterocycles. The summed E-state index contributed by atoms with van der Waals surface area (Å²) in [6.45, 7) is 15.3. The van der Waals surface area contributed by atoms with Crippen molar-refractivity contribution in [3.05, 3.63) is 0 Å². The highest BCUT2D eigenvalue weighted by molar-refractivity contribution is 4.84. The van der Waals surface area contributed by atoms with Gasteiger partial charge in [0.25, 0.3) is 0 Å². The number of rotatable bonds is 10. The Morgan fingerprint density at radius 3 is 2.05 bits per heavy atom. The van der Waals surface area contributed by atoms with Gasteiger partial charge >= 0.3 is 0 Å². The molecule has 0 bridgehead atoms. The van der Waals surface area contributed by atoms with Crippen LogP contribution in [0.2, 0.25) is 0 Å². The summed E-state index contributed by atoms with van der Waals surface area (Å²) in [5.74, 6) is 1.67. The molecule has 0 radical (unpaired) electrons. The van der Waals surface area contributed by atoms with E-state index in [1.165, 1.54) is 58.0 Å². The molecule has 2 heteroatoms. The third-order valence-electron chi connectivity index (χ3n) is 5.17. The summed E-state index contributed by atoms with van der Waals surface area (Å²) in [7, 11) is 0. The maximum atomic E-state index is 3.82. The highest BCUT2D eigenvalue weighted by atomic mass is 15.2. The van der Waals surface area contributed by atoms with E-state index in [-0.39, 0.29) is 0 Å². The van der Waals surface area contributed by atoms with E-state index in [1.807, 2.05) is 0 Å². The molecule has 0 heterocycles. The first-order chi connectivity index (χ1) is 10.1. The Bertz CT molecular complexity index is 242. The fourth-order valence-electron chi connectivity index (χ4n) is 4.08. The molecule has 2 nitrogen and oxygen atoms in total.